The fourth-order valence-electron chi connectivity index (χ4n) is 13.3. The number of alkyl halides is 1. The zero-order chi connectivity index (χ0) is 69.6. The van der Waals surface area contributed by atoms with Gasteiger partial charge < -0.3 is 55.3 Å². The average molecular weight is 1490 g/mol. The Morgan fingerprint density at radius 3 is 1.75 bits per heavy atom. The van der Waals surface area contributed by atoms with Crippen LogP contribution in [0.15, 0.2) is 24.3 Å². The Balaban J connectivity index is 1.48. The molecule has 20 heteroatoms. The number of carbonyl (C=O) groups is 2. The predicted octanol–water partition coefficient (Wildman–Crippen LogP) is 18.2. The van der Waals surface area contributed by atoms with Gasteiger partial charge >= 0.3 is 5.97 Å². The highest BCUT2D eigenvalue weighted by Gasteiger charge is 2.59. The van der Waals surface area contributed by atoms with Crippen molar-refractivity contribution in [2.24, 2.45) is 11.8 Å². The van der Waals surface area contributed by atoms with E-state index in [0.29, 0.717) is 32.3 Å². The molecule has 0 amide bonds. The lowest BCUT2D eigenvalue weighted by molar-refractivity contribution is -0.266. The lowest BCUT2D eigenvalue weighted by atomic mass is 9.81. The topological polar surface area (TPSA) is 145 Å². The zero-order valence-electron chi connectivity index (χ0n) is 63.4. The molecule has 8 rings (SSSR count). The molecule has 0 saturated carbocycles. The van der Waals surface area contributed by atoms with Crippen LogP contribution in [-0.4, -0.2) is 169 Å². The van der Waals surface area contributed by atoms with Gasteiger partial charge in [0.05, 0.1) is 67.6 Å². The van der Waals surface area contributed by atoms with Crippen LogP contribution in [0.2, 0.25) is 90.7 Å². The second-order valence-electron chi connectivity index (χ2n) is 36.7. The Kier molecular flexibility index (Phi) is 27.0. The first-order valence-corrected chi connectivity index (χ1v) is 51.7. The van der Waals surface area contributed by atoms with Crippen LogP contribution in [0.25, 0.3) is 0 Å². The maximum Gasteiger partial charge on any atom is 0.303 e. The molecule has 13 unspecified atom stereocenters. The number of allylic oxidation sites excluding steroid dienone is 1. The van der Waals surface area contributed by atoms with Crippen molar-refractivity contribution in [1.82, 2.24) is 0 Å². The van der Waals surface area contributed by atoms with Crippen molar-refractivity contribution in [2.75, 3.05) is 18.1 Å². The molecule has 8 heterocycles. The summed E-state index contributed by atoms with van der Waals surface area (Å²) in [6.07, 6.45) is 7.60. The van der Waals surface area contributed by atoms with Crippen molar-refractivity contribution in [3.63, 3.8) is 0 Å². The zero-order valence-corrected chi connectivity index (χ0v) is 70.5. The molecule has 5 saturated heterocycles. The summed E-state index contributed by atoms with van der Waals surface area (Å²) in [6.45, 7) is 66.3. The number of hydrogen-bond acceptors (Lipinski definition) is 14. The van der Waals surface area contributed by atoms with Crippen LogP contribution < -0.4 is 0 Å². The van der Waals surface area contributed by atoms with Gasteiger partial charge in [-0.3, -0.25) is 9.59 Å². The first-order valence-electron chi connectivity index (χ1n) is 35.7. The van der Waals surface area contributed by atoms with Crippen molar-refractivity contribution < 1.29 is 64.9 Å². The number of ketones is 1. The third kappa shape index (κ3) is 19.7. The molecule has 7 bridgehead atoms. The molecule has 14 nitrogen and oxygen atoms in total. The maximum atomic E-state index is 15.5. The van der Waals surface area contributed by atoms with E-state index in [2.05, 4.69) is 211 Å². The summed E-state index contributed by atoms with van der Waals surface area (Å²) in [7, 11) is -10.4. The van der Waals surface area contributed by atoms with Crippen molar-refractivity contribution in [3.05, 3.63) is 24.3 Å². The van der Waals surface area contributed by atoms with Gasteiger partial charge in [0.25, 0.3) is 0 Å². The number of hydrogen-bond donors (Lipinski definition) is 0. The van der Waals surface area contributed by atoms with E-state index in [9.17, 15) is 4.79 Å². The van der Waals surface area contributed by atoms with Crippen LogP contribution in [0.3, 0.4) is 0 Å². The van der Waals surface area contributed by atoms with Crippen LogP contribution in [0.5, 0.6) is 0 Å². The van der Waals surface area contributed by atoms with Crippen LogP contribution in [-0.2, 0) is 64.9 Å². The van der Waals surface area contributed by atoms with Crippen molar-refractivity contribution in [2.45, 2.75) is 389 Å². The molecule has 0 aromatic carbocycles. The van der Waals surface area contributed by atoms with E-state index >= 15 is 4.79 Å². The Morgan fingerprint density at radius 1 is 0.652 bits per heavy atom. The van der Waals surface area contributed by atoms with Crippen molar-refractivity contribution in [3.8, 4) is 0 Å². The summed E-state index contributed by atoms with van der Waals surface area (Å²) < 4.78 is 88.2. The largest absolute Gasteiger partial charge is 0.458 e. The number of esters is 1. The monoisotopic (exact) mass is 1490 g/mol. The average Bonchev–Trinajstić information content (AvgIpc) is 0.800. The van der Waals surface area contributed by atoms with Gasteiger partial charge in [-0.25, -0.2) is 0 Å². The number of halogens is 1. The maximum absolute atomic E-state index is 15.5. The summed E-state index contributed by atoms with van der Waals surface area (Å²) in [5.74, 6) is -0.784. The van der Waals surface area contributed by atoms with E-state index in [1.807, 2.05) is 0 Å². The SMILES string of the molecule is C=C1C(C)CC2CC[C@@H]3OC(CCC/C=C/C(O[Si](C)(C)C(C)(C)C)C4O[C@H]5CC[C@H](CC(=O)CC6[C@@H](OC)C(CC(CO[Si](C)(C)C(C)(C)C)O[Si](C)(C)C(C)(C)C)O[C@H]6CC1OC(C)=O)OC5C(O[Si](C)(C)C(C)(C)C)C4O[Si](C)(C)C(C)(C)C)CC3(CI)O2. The smallest absolute Gasteiger partial charge is 0.303 e. The molecule has 0 aromatic rings. The molecule has 5 fully saturated rings. The van der Waals surface area contributed by atoms with E-state index in [-0.39, 0.29) is 80.3 Å². The molecule has 92 heavy (non-hydrogen) atoms. The lowest BCUT2D eigenvalue weighted by Gasteiger charge is -2.56. The predicted molar refractivity (Wildman–Crippen MR) is 395 cm³/mol. The van der Waals surface area contributed by atoms with Crippen LogP contribution in [0.4, 0.5) is 0 Å². The van der Waals surface area contributed by atoms with Crippen molar-refractivity contribution in [1.29, 1.82) is 0 Å². The van der Waals surface area contributed by atoms with E-state index in [0.717, 1.165) is 54.9 Å². The van der Waals surface area contributed by atoms with E-state index < -0.39 is 120 Å². The highest BCUT2D eigenvalue weighted by atomic mass is 127. The molecule has 0 spiro atoms. The summed E-state index contributed by atoms with van der Waals surface area (Å²) in [4.78, 5) is 28.8. The summed E-state index contributed by atoms with van der Waals surface area (Å²) in [5, 5.41) is -0.414. The third-order valence-electron chi connectivity index (χ3n) is 24.4. The number of carbonyl (C=O) groups excluding carboxylic acids is 2. The molecular weight excluding hydrogens is 1360 g/mol. The Hall–Kier alpha value is -0.00558. The Bertz CT molecular complexity index is 2470. The van der Waals surface area contributed by atoms with Gasteiger partial charge in [-0.2, -0.15) is 0 Å². The first-order chi connectivity index (χ1) is 41.9. The highest BCUT2D eigenvalue weighted by Crippen LogP contribution is 2.51. The number of ether oxygens (including phenoxy) is 7. The van der Waals surface area contributed by atoms with Gasteiger partial charge in [-0.05, 0) is 154 Å². The van der Waals surface area contributed by atoms with Crippen LogP contribution in [0.1, 0.15) is 201 Å². The number of Topliss-reactive ketones (excluding diaryl/α,β-unsaturated/α-hetero) is 1. The molecule has 0 aliphatic carbocycles. The standard InChI is InChI=1S/C72H135IO14Si5/c1-47-39-52-36-38-61-72(46-73,83-52)44-53(79-61)33-31-30-32-34-57(85-90(24,25)69(10,11)12)64-66(87-92(28,29)71(16,17)18)65(86-91(26,27)70(13,14)15)63-56(82-64)37-35-51(80-63)40-50(75)41-55-59(43-58(48(47)2)78-49(3)74)81-60(62(55)76-19)42-54(84-89(22,23)68(7,8)9)45-77-88(20,21)67(4,5)6/h32,34,47,51-66H,2,30-31,33,35-46H2,1,3-29H3/b34-32+/t47?,51-,52?,53?,54?,55?,56+,57?,58?,59+,60?,61+,62-,63?,64?,65?,66?,72?/m1/s1. The lowest BCUT2D eigenvalue weighted by Crippen LogP contribution is -2.69. The third-order valence-corrected chi connectivity index (χ3v) is 48.1. The second-order valence-corrected chi connectivity index (χ2v) is 61.3. The van der Waals surface area contributed by atoms with E-state index in [4.69, 9.17) is 61.9 Å². The summed E-state index contributed by atoms with van der Waals surface area (Å²) in [5.41, 5.74) is 0.425. The molecule has 0 aromatic heterocycles. The molecule has 18 atom stereocenters. The minimum absolute atomic E-state index is 0.00768. The van der Waals surface area contributed by atoms with Gasteiger partial charge in [0.15, 0.2) is 41.6 Å². The molecule has 8 aliphatic rings. The summed E-state index contributed by atoms with van der Waals surface area (Å²) in [6, 6.07) is 0. The summed E-state index contributed by atoms with van der Waals surface area (Å²) >= 11 is 2.52. The Labute approximate surface area is 580 Å². The van der Waals surface area contributed by atoms with Gasteiger partial charge in [-0.1, -0.05) is 152 Å². The molecular formula is C72H135IO14Si5. The fourth-order valence-corrected chi connectivity index (χ4v) is 20.5. The number of methoxy groups -OCH3 is 1. The van der Waals surface area contributed by atoms with Crippen molar-refractivity contribution >= 4 is 75.9 Å². The Morgan fingerprint density at radius 2 is 1.21 bits per heavy atom. The van der Waals surface area contributed by atoms with Gasteiger partial charge in [-0.15, -0.1) is 0 Å². The minimum Gasteiger partial charge on any atom is -0.458 e. The normalized spacial score (nSPS) is 35.1. The molecule has 534 valence electrons. The minimum atomic E-state index is -2.56. The first kappa shape index (κ1) is 81.0. The van der Waals surface area contributed by atoms with Gasteiger partial charge in [0.1, 0.15) is 41.9 Å². The molecule has 8 aliphatic heterocycles. The van der Waals surface area contributed by atoms with Crippen LogP contribution in [0, 0.1) is 11.8 Å². The van der Waals surface area contributed by atoms with E-state index in [1.165, 1.54) is 6.92 Å². The number of fused-ring (bicyclic) bond motifs is 2. The van der Waals surface area contributed by atoms with Gasteiger partial charge in [0.2, 0.25) is 0 Å². The number of rotatable bonds is 16. The molecule has 0 N–H and O–H groups in total. The van der Waals surface area contributed by atoms with Crippen LogP contribution >= 0.6 is 22.6 Å². The van der Waals surface area contributed by atoms with Gasteiger partial charge in [0, 0.05) is 56.5 Å². The quantitative estimate of drug-likeness (QED) is 0.0475. The molecule has 0 radical (unpaired) electrons. The van der Waals surface area contributed by atoms with E-state index in [1.54, 1.807) is 7.11 Å². The second kappa shape index (κ2) is 30.7. The fraction of sp³-hybridized carbons (Fsp3) is 0.917. The highest BCUT2D eigenvalue weighted by molar-refractivity contribution is 14.1.